The fourth-order valence-electron chi connectivity index (χ4n) is 2.22. The number of hydrogen-bond donors (Lipinski definition) is 1. The van der Waals surface area contributed by atoms with Crippen molar-refractivity contribution in [2.75, 3.05) is 38.8 Å². The lowest BCUT2D eigenvalue weighted by Gasteiger charge is -2.33. The number of amides is 1. The molecule has 1 heterocycles. The number of likely N-dealkylation sites (N-methyl/N-ethyl adjacent to an activating group) is 1. The average Bonchev–Trinajstić information content (AvgIpc) is 2.41. The van der Waals surface area contributed by atoms with Crippen LogP contribution in [0.2, 0.25) is 0 Å². The molecule has 0 aliphatic carbocycles. The first-order chi connectivity index (χ1) is 9.17. The van der Waals surface area contributed by atoms with Gasteiger partial charge in [-0.2, -0.15) is 0 Å². The van der Waals surface area contributed by atoms with Gasteiger partial charge in [0.05, 0.1) is 19.4 Å². The van der Waals surface area contributed by atoms with Crippen molar-refractivity contribution >= 4 is 11.6 Å². The van der Waals surface area contributed by atoms with Crippen molar-refractivity contribution in [2.24, 2.45) is 0 Å². The number of carbonyl (C=O) groups excluding carboxylic acids is 1. The van der Waals surface area contributed by atoms with Gasteiger partial charge in [0, 0.05) is 13.1 Å². The molecule has 5 heteroatoms. The fraction of sp³-hybridized carbons (Fsp3) is 0.500. The Morgan fingerprint density at radius 1 is 1.53 bits per heavy atom. The number of anilines is 1. The van der Waals surface area contributed by atoms with E-state index in [-0.39, 0.29) is 5.91 Å². The maximum absolute atomic E-state index is 12.4. The maximum Gasteiger partial charge on any atom is 0.257 e. The number of carbonyl (C=O) groups is 1. The standard InChI is InChI=1S/C14H20N2O3/c1-10-4-5-12(18-3)11(8-10)16-6-7-19-13(9-15-2)14(16)17/h4-5,8,13,15H,6-7,9H2,1-3H3. The normalized spacial score (nSPS) is 19.6. The van der Waals surface area contributed by atoms with E-state index in [0.717, 1.165) is 11.3 Å². The zero-order chi connectivity index (χ0) is 13.8. The van der Waals surface area contributed by atoms with E-state index in [1.54, 1.807) is 12.0 Å². The number of methoxy groups -OCH3 is 1. The SMILES string of the molecule is CNCC1OCCN(c2cc(C)ccc2OC)C1=O. The molecule has 1 aromatic rings. The summed E-state index contributed by atoms with van der Waals surface area (Å²) in [5, 5.41) is 2.98. The molecular formula is C14H20N2O3. The molecule has 0 bridgehead atoms. The molecule has 1 fully saturated rings. The van der Waals surface area contributed by atoms with Gasteiger partial charge in [-0.3, -0.25) is 4.79 Å². The smallest absolute Gasteiger partial charge is 0.257 e. The molecule has 0 radical (unpaired) electrons. The summed E-state index contributed by atoms with van der Waals surface area (Å²) in [7, 11) is 3.42. The van der Waals surface area contributed by atoms with Gasteiger partial charge in [0.1, 0.15) is 11.9 Å². The summed E-state index contributed by atoms with van der Waals surface area (Å²) in [6, 6.07) is 5.83. The van der Waals surface area contributed by atoms with Crippen LogP contribution in [0.4, 0.5) is 5.69 Å². The number of nitrogens with one attached hydrogen (secondary N) is 1. The van der Waals surface area contributed by atoms with Gasteiger partial charge >= 0.3 is 0 Å². The van der Waals surface area contributed by atoms with Crippen molar-refractivity contribution < 1.29 is 14.3 Å². The molecule has 0 aromatic heterocycles. The number of benzene rings is 1. The molecule has 1 unspecified atom stereocenters. The van der Waals surface area contributed by atoms with E-state index >= 15 is 0 Å². The molecule has 104 valence electrons. The Kier molecular flexibility index (Phi) is 4.39. The summed E-state index contributed by atoms with van der Waals surface area (Å²) in [5.74, 6) is 0.688. The molecule has 5 nitrogen and oxygen atoms in total. The van der Waals surface area contributed by atoms with Crippen LogP contribution in [0.25, 0.3) is 0 Å². The van der Waals surface area contributed by atoms with Gasteiger partial charge in [0.25, 0.3) is 5.91 Å². The third kappa shape index (κ3) is 2.88. The minimum Gasteiger partial charge on any atom is -0.495 e. The molecule has 2 rings (SSSR count). The second-order valence-corrected chi connectivity index (χ2v) is 4.58. The van der Waals surface area contributed by atoms with Crippen molar-refractivity contribution in [3.8, 4) is 5.75 Å². The number of hydrogen-bond acceptors (Lipinski definition) is 4. The quantitative estimate of drug-likeness (QED) is 0.880. The fourth-order valence-corrected chi connectivity index (χ4v) is 2.22. The molecular weight excluding hydrogens is 244 g/mol. The summed E-state index contributed by atoms with van der Waals surface area (Å²) < 4.78 is 10.8. The van der Waals surface area contributed by atoms with Crippen LogP contribution >= 0.6 is 0 Å². The number of nitrogens with zero attached hydrogens (tertiary/aromatic N) is 1. The predicted octanol–water partition coefficient (Wildman–Crippen LogP) is 0.955. The van der Waals surface area contributed by atoms with Gasteiger partial charge in [-0.1, -0.05) is 6.07 Å². The topological polar surface area (TPSA) is 50.8 Å². The van der Waals surface area contributed by atoms with E-state index in [1.807, 2.05) is 32.2 Å². The third-order valence-corrected chi connectivity index (χ3v) is 3.19. The lowest BCUT2D eigenvalue weighted by atomic mass is 10.1. The molecule has 1 N–H and O–H groups in total. The van der Waals surface area contributed by atoms with Crippen LogP contribution in [-0.2, 0) is 9.53 Å². The Balaban J connectivity index is 2.29. The summed E-state index contributed by atoms with van der Waals surface area (Å²) in [6.07, 6.45) is -0.427. The monoisotopic (exact) mass is 264 g/mol. The van der Waals surface area contributed by atoms with Crippen molar-refractivity contribution in [1.29, 1.82) is 0 Å². The van der Waals surface area contributed by atoms with Gasteiger partial charge in [-0.25, -0.2) is 0 Å². The van der Waals surface area contributed by atoms with Crippen molar-refractivity contribution in [1.82, 2.24) is 5.32 Å². The summed E-state index contributed by atoms with van der Waals surface area (Å²) in [6.45, 7) is 3.61. The highest BCUT2D eigenvalue weighted by molar-refractivity contribution is 5.98. The molecule has 19 heavy (non-hydrogen) atoms. The summed E-state index contributed by atoms with van der Waals surface area (Å²) in [4.78, 5) is 14.1. The first-order valence-electron chi connectivity index (χ1n) is 6.39. The Morgan fingerprint density at radius 3 is 3.00 bits per heavy atom. The molecule has 1 aliphatic rings. The van der Waals surface area contributed by atoms with E-state index in [2.05, 4.69) is 5.32 Å². The van der Waals surface area contributed by atoms with Gasteiger partial charge in [-0.15, -0.1) is 0 Å². The third-order valence-electron chi connectivity index (χ3n) is 3.19. The van der Waals surface area contributed by atoms with Crippen LogP contribution in [0, 0.1) is 6.92 Å². The number of ether oxygens (including phenoxy) is 2. The Morgan fingerprint density at radius 2 is 2.32 bits per heavy atom. The Labute approximate surface area is 113 Å². The molecule has 1 amide bonds. The Bertz CT molecular complexity index is 460. The van der Waals surface area contributed by atoms with Crippen LogP contribution in [-0.4, -0.2) is 45.9 Å². The largest absolute Gasteiger partial charge is 0.495 e. The lowest BCUT2D eigenvalue weighted by Crippen LogP contribution is -2.51. The molecule has 1 saturated heterocycles. The zero-order valence-corrected chi connectivity index (χ0v) is 11.6. The first kappa shape index (κ1) is 13.8. The highest BCUT2D eigenvalue weighted by atomic mass is 16.5. The predicted molar refractivity (Wildman–Crippen MR) is 73.8 cm³/mol. The molecule has 1 aromatic carbocycles. The van der Waals surface area contributed by atoms with E-state index in [9.17, 15) is 4.79 Å². The summed E-state index contributed by atoms with van der Waals surface area (Å²) in [5.41, 5.74) is 1.91. The van der Waals surface area contributed by atoms with Gasteiger partial charge < -0.3 is 19.7 Å². The highest BCUT2D eigenvalue weighted by Gasteiger charge is 2.31. The molecule has 0 spiro atoms. The highest BCUT2D eigenvalue weighted by Crippen LogP contribution is 2.30. The molecule has 1 aliphatic heterocycles. The maximum atomic E-state index is 12.4. The molecule has 0 saturated carbocycles. The number of morpholine rings is 1. The van der Waals surface area contributed by atoms with E-state index in [1.165, 1.54) is 0 Å². The van der Waals surface area contributed by atoms with Crippen molar-refractivity contribution in [3.05, 3.63) is 23.8 Å². The van der Waals surface area contributed by atoms with Gasteiger partial charge in [0.15, 0.2) is 0 Å². The first-order valence-corrected chi connectivity index (χ1v) is 6.39. The van der Waals surface area contributed by atoms with Crippen LogP contribution in [0.15, 0.2) is 18.2 Å². The Hall–Kier alpha value is -1.59. The van der Waals surface area contributed by atoms with Crippen LogP contribution < -0.4 is 15.0 Å². The van der Waals surface area contributed by atoms with Gasteiger partial charge in [0.2, 0.25) is 0 Å². The average molecular weight is 264 g/mol. The number of rotatable bonds is 4. The van der Waals surface area contributed by atoms with E-state index in [4.69, 9.17) is 9.47 Å². The van der Waals surface area contributed by atoms with E-state index in [0.29, 0.717) is 25.4 Å². The van der Waals surface area contributed by atoms with E-state index < -0.39 is 6.10 Å². The number of aryl methyl sites for hydroxylation is 1. The van der Waals surface area contributed by atoms with Crippen LogP contribution in [0.5, 0.6) is 5.75 Å². The van der Waals surface area contributed by atoms with Crippen LogP contribution in [0.1, 0.15) is 5.56 Å². The van der Waals surface area contributed by atoms with Crippen molar-refractivity contribution in [2.45, 2.75) is 13.0 Å². The second kappa shape index (κ2) is 6.04. The minimum absolute atomic E-state index is 0.0236. The lowest BCUT2D eigenvalue weighted by molar-refractivity contribution is -0.133. The van der Waals surface area contributed by atoms with Crippen molar-refractivity contribution in [3.63, 3.8) is 0 Å². The summed E-state index contributed by atoms with van der Waals surface area (Å²) >= 11 is 0. The zero-order valence-electron chi connectivity index (χ0n) is 11.6. The second-order valence-electron chi connectivity index (χ2n) is 4.58. The minimum atomic E-state index is -0.427. The van der Waals surface area contributed by atoms with Crippen LogP contribution in [0.3, 0.4) is 0 Å². The van der Waals surface area contributed by atoms with Gasteiger partial charge in [-0.05, 0) is 31.7 Å². The molecule has 1 atom stereocenters.